The number of nitrogens with zero attached hydrogens (tertiary/aromatic N) is 1. The molecule has 124 valence electrons. The third-order valence-electron chi connectivity index (χ3n) is 3.21. The third kappa shape index (κ3) is 3.57. The van der Waals surface area contributed by atoms with Gasteiger partial charge in [0.25, 0.3) is 0 Å². The van der Waals surface area contributed by atoms with Crippen LogP contribution >= 0.6 is 0 Å². The van der Waals surface area contributed by atoms with E-state index in [1.807, 2.05) is 19.1 Å². The van der Waals surface area contributed by atoms with Gasteiger partial charge in [-0.15, -0.1) is 0 Å². The van der Waals surface area contributed by atoms with Crippen molar-refractivity contribution in [2.45, 2.75) is 13.8 Å². The minimum absolute atomic E-state index is 0.343. The van der Waals surface area contributed by atoms with Gasteiger partial charge in [0.15, 0.2) is 5.82 Å². The first kappa shape index (κ1) is 15.7. The van der Waals surface area contributed by atoms with Crippen LogP contribution in [-0.4, -0.2) is 17.8 Å². The van der Waals surface area contributed by atoms with E-state index < -0.39 is 6.03 Å². The Morgan fingerprint density at radius 2 is 2.12 bits per heavy atom. The first-order chi connectivity index (χ1) is 11.7. The number of benzene rings is 1. The lowest BCUT2D eigenvalue weighted by atomic mass is 10.1. The standard InChI is InChI=1S/C17H17N3O4/c1-3-22-12-6-7-14(13(10-12)15-5-4-8-23-15)18-17(21)19-16-9-11(2)24-20-16/h4-10H,3H2,1-2H3,(H2,18,19,20,21). The summed E-state index contributed by atoms with van der Waals surface area (Å²) < 4.78 is 15.9. The molecule has 0 unspecified atom stereocenters. The van der Waals surface area contributed by atoms with Gasteiger partial charge in [-0.05, 0) is 44.2 Å². The largest absolute Gasteiger partial charge is 0.494 e. The molecule has 0 aliphatic carbocycles. The molecule has 0 saturated carbocycles. The number of aryl methyl sites for hydroxylation is 1. The molecule has 0 spiro atoms. The summed E-state index contributed by atoms with van der Waals surface area (Å²) in [5, 5.41) is 9.11. The first-order valence-corrected chi connectivity index (χ1v) is 7.47. The lowest BCUT2D eigenvalue weighted by Crippen LogP contribution is -2.20. The molecule has 2 aromatic heterocycles. The second kappa shape index (κ2) is 6.91. The monoisotopic (exact) mass is 327 g/mol. The van der Waals surface area contributed by atoms with Crippen LogP contribution in [-0.2, 0) is 0 Å². The van der Waals surface area contributed by atoms with Gasteiger partial charge in [-0.3, -0.25) is 5.32 Å². The molecular formula is C17H17N3O4. The van der Waals surface area contributed by atoms with E-state index in [9.17, 15) is 4.79 Å². The molecule has 7 heteroatoms. The Morgan fingerprint density at radius 1 is 1.25 bits per heavy atom. The van der Waals surface area contributed by atoms with Gasteiger partial charge in [0.2, 0.25) is 0 Å². The van der Waals surface area contributed by atoms with Crippen LogP contribution in [0.5, 0.6) is 5.75 Å². The average molecular weight is 327 g/mol. The molecule has 0 aliphatic rings. The van der Waals surface area contributed by atoms with Gasteiger partial charge < -0.3 is 19.0 Å². The molecule has 1 aromatic carbocycles. The highest BCUT2D eigenvalue weighted by molar-refractivity contribution is 6.01. The highest BCUT2D eigenvalue weighted by Crippen LogP contribution is 2.32. The van der Waals surface area contributed by atoms with Gasteiger partial charge in [-0.1, -0.05) is 5.16 Å². The minimum Gasteiger partial charge on any atom is -0.494 e. The lowest BCUT2D eigenvalue weighted by molar-refractivity contribution is 0.262. The van der Waals surface area contributed by atoms with Gasteiger partial charge in [-0.25, -0.2) is 4.79 Å². The number of aromatic nitrogens is 1. The van der Waals surface area contributed by atoms with Crippen molar-refractivity contribution < 1.29 is 18.5 Å². The van der Waals surface area contributed by atoms with Crippen molar-refractivity contribution in [1.29, 1.82) is 0 Å². The Morgan fingerprint density at radius 3 is 2.79 bits per heavy atom. The van der Waals surface area contributed by atoms with Crippen molar-refractivity contribution in [3.8, 4) is 17.1 Å². The van der Waals surface area contributed by atoms with Gasteiger partial charge >= 0.3 is 6.03 Å². The molecule has 0 bridgehead atoms. The fraction of sp³-hybridized carbons (Fsp3) is 0.176. The number of ether oxygens (including phenoxy) is 1. The summed E-state index contributed by atoms with van der Waals surface area (Å²) in [5.74, 6) is 2.28. The number of carbonyl (C=O) groups is 1. The second-order valence-electron chi connectivity index (χ2n) is 5.02. The van der Waals surface area contributed by atoms with Gasteiger partial charge in [0, 0.05) is 11.6 Å². The number of carbonyl (C=O) groups excluding carboxylic acids is 1. The summed E-state index contributed by atoms with van der Waals surface area (Å²) in [5.41, 5.74) is 1.31. The summed E-state index contributed by atoms with van der Waals surface area (Å²) in [4.78, 5) is 12.2. The molecule has 2 amide bonds. The number of hydrogen-bond acceptors (Lipinski definition) is 5. The summed E-state index contributed by atoms with van der Waals surface area (Å²) in [6.07, 6.45) is 1.57. The van der Waals surface area contributed by atoms with Gasteiger partial charge in [0.1, 0.15) is 17.3 Å². The predicted octanol–water partition coefficient (Wildman–Crippen LogP) is 4.29. The molecule has 0 radical (unpaired) electrons. The predicted molar refractivity (Wildman–Crippen MR) is 89.2 cm³/mol. The lowest BCUT2D eigenvalue weighted by Gasteiger charge is -2.12. The van der Waals surface area contributed by atoms with Crippen LogP contribution in [0.1, 0.15) is 12.7 Å². The summed E-state index contributed by atoms with van der Waals surface area (Å²) in [7, 11) is 0. The molecule has 2 heterocycles. The highest BCUT2D eigenvalue weighted by Gasteiger charge is 2.13. The quantitative estimate of drug-likeness (QED) is 0.730. The Kier molecular flexibility index (Phi) is 4.51. The van der Waals surface area contributed by atoms with E-state index in [2.05, 4.69) is 15.8 Å². The summed E-state index contributed by atoms with van der Waals surface area (Å²) in [6.45, 7) is 4.21. The number of amides is 2. The number of nitrogens with one attached hydrogen (secondary N) is 2. The van der Waals surface area contributed by atoms with Crippen LogP contribution in [0.4, 0.5) is 16.3 Å². The molecular weight excluding hydrogens is 310 g/mol. The van der Waals surface area contributed by atoms with E-state index in [4.69, 9.17) is 13.7 Å². The highest BCUT2D eigenvalue weighted by atomic mass is 16.5. The van der Waals surface area contributed by atoms with Crippen LogP contribution < -0.4 is 15.4 Å². The first-order valence-electron chi connectivity index (χ1n) is 7.47. The van der Waals surface area contributed by atoms with Crippen molar-refractivity contribution in [3.63, 3.8) is 0 Å². The van der Waals surface area contributed by atoms with Crippen molar-refractivity contribution in [2.75, 3.05) is 17.2 Å². The Balaban J connectivity index is 1.82. The zero-order valence-corrected chi connectivity index (χ0v) is 13.3. The van der Waals surface area contributed by atoms with Gasteiger partial charge in [0.05, 0.1) is 18.6 Å². The maximum Gasteiger partial charge on any atom is 0.324 e. The fourth-order valence-electron chi connectivity index (χ4n) is 2.22. The zero-order valence-electron chi connectivity index (χ0n) is 13.3. The maximum atomic E-state index is 12.2. The topological polar surface area (TPSA) is 89.5 Å². The third-order valence-corrected chi connectivity index (χ3v) is 3.21. The van der Waals surface area contributed by atoms with E-state index in [-0.39, 0.29) is 0 Å². The van der Waals surface area contributed by atoms with Crippen LogP contribution in [0.3, 0.4) is 0 Å². The molecule has 2 N–H and O–H groups in total. The van der Waals surface area contributed by atoms with E-state index in [1.165, 1.54) is 0 Å². The SMILES string of the molecule is CCOc1ccc(NC(=O)Nc2cc(C)on2)c(-c2ccco2)c1. The van der Waals surface area contributed by atoms with Crippen LogP contribution in [0.25, 0.3) is 11.3 Å². The molecule has 0 saturated heterocycles. The summed E-state index contributed by atoms with van der Waals surface area (Å²) >= 11 is 0. The Hall–Kier alpha value is -3.22. The van der Waals surface area contributed by atoms with E-state index in [0.29, 0.717) is 35.4 Å². The molecule has 0 aliphatic heterocycles. The van der Waals surface area contributed by atoms with E-state index in [1.54, 1.807) is 37.5 Å². The smallest absolute Gasteiger partial charge is 0.324 e. The zero-order chi connectivity index (χ0) is 16.9. The number of hydrogen-bond donors (Lipinski definition) is 2. The molecule has 0 atom stereocenters. The van der Waals surface area contributed by atoms with Crippen LogP contribution in [0.15, 0.2) is 51.6 Å². The molecule has 24 heavy (non-hydrogen) atoms. The van der Waals surface area contributed by atoms with Crippen molar-refractivity contribution in [2.24, 2.45) is 0 Å². The average Bonchev–Trinajstić information content (AvgIpc) is 3.21. The van der Waals surface area contributed by atoms with Gasteiger partial charge in [-0.2, -0.15) is 0 Å². The molecule has 0 fully saturated rings. The number of anilines is 2. The van der Waals surface area contributed by atoms with Crippen molar-refractivity contribution in [1.82, 2.24) is 5.16 Å². The van der Waals surface area contributed by atoms with Crippen LogP contribution in [0, 0.1) is 6.92 Å². The molecule has 3 aromatic rings. The van der Waals surface area contributed by atoms with E-state index in [0.717, 1.165) is 5.56 Å². The molecule has 7 nitrogen and oxygen atoms in total. The Labute approximate surface area is 138 Å². The van der Waals surface area contributed by atoms with E-state index >= 15 is 0 Å². The fourth-order valence-corrected chi connectivity index (χ4v) is 2.22. The van der Waals surface area contributed by atoms with Crippen molar-refractivity contribution >= 4 is 17.5 Å². The molecule has 3 rings (SSSR count). The van der Waals surface area contributed by atoms with Crippen LogP contribution in [0.2, 0.25) is 0 Å². The maximum absolute atomic E-state index is 12.2. The second-order valence-corrected chi connectivity index (χ2v) is 5.02. The van der Waals surface area contributed by atoms with Crippen molar-refractivity contribution in [3.05, 3.63) is 48.4 Å². The summed E-state index contributed by atoms with van der Waals surface area (Å²) in [6, 6.07) is 10.2. The minimum atomic E-state index is -0.430. The normalized spacial score (nSPS) is 10.4. The Bertz CT molecular complexity index is 824. The number of rotatable bonds is 5. The number of furan rings is 1. The number of urea groups is 1.